The minimum Gasteiger partial charge on any atom is -0.481 e. The highest BCUT2D eigenvalue weighted by molar-refractivity contribution is 6.43. The smallest absolute Gasteiger partial charge is 0.306 e. The van der Waals surface area contributed by atoms with Crippen LogP contribution in [0.2, 0.25) is 10.0 Å². The molecule has 1 aliphatic carbocycles. The highest BCUT2D eigenvalue weighted by Gasteiger charge is 2.27. The van der Waals surface area contributed by atoms with Gasteiger partial charge in [-0.2, -0.15) is 0 Å². The number of nitrogens with one attached hydrogen (secondary N) is 1. The first-order valence-electron chi connectivity index (χ1n) is 6.01. The molecule has 0 heterocycles. The fourth-order valence-electron chi connectivity index (χ4n) is 2.38. The van der Waals surface area contributed by atoms with E-state index in [1.165, 1.54) is 0 Å². The lowest BCUT2D eigenvalue weighted by Gasteiger charge is -2.28. The van der Waals surface area contributed by atoms with Crippen LogP contribution in [0.1, 0.15) is 25.7 Å². The molecule has 1 aromatic carbocycles. The highest BCUT2D eigenvalue weighted by Crippen LogP contribution is 2.33. The summed E-state index contributed by atoms with van der Waals surface area (Å²) in [5, 5.41) is 13.3. The second kappa shape index (κ2) is 5.81. The molecule has 18 heavy (non-hydrogen) atoms. The van der Waals surface area contributed by atoms with Gasteiger partial charge < -0.3 is 10.4 Å². The molecule has 1 aliphatic rings. The number of aliphatic carboxylic acids is 1. The van der Waals surface area contributed by atoms with Crippen molar-refractivity contribution in [1.29, 1.82) is 0 Å². The molecule has 2 unspecified atom stereocenters. The number of hydrogen-bond donors (Lipinski definition) is 2. The largest absolute Gasteiger partial charge is 0.481 e. The molecule has 0 radical (unpaired) electrons. The third kappa shape index (κ3) is 3.09. The Morgan fingerprint density at radius 1 is 1.33 bits per heavy atom. The molecular weight excluding hydrogens is 273 g/mol. The van der Waals surface area contributed by atoms with E-state index in [1.54, 1.807) is 6.07 Å². The lowest BCUT2D eigenvalue weighted by Crippen LogP contribution is -2.31. The maximum atomic E-state index is 11.0. The van der Waals surface area contributed by atoms with Crippen molar-refractivity contribution in [3.63, 3.8) is 0 Å². The molecule has 0 bridgehead atoms. The lowest BCUT2D eigenvalue weighted by molar-refractivity contribution is -0.142. The van der Waals surface area contributed by atoms with Crippen molar-refractivity contribution in [2.45, 2.75) is 31.7 Å². The van der Waals surface area contributed by atoms with Gasteiger partial charge in [-0.25, -0.2) is 0 Å². The zero-order chi connectivity index (χ0) is 13.1. The standard InChI is InChI=1S/C13H15Cl2NO2/c14-10-5-2-6-11(12(10)15)16-9-4-1-3-8(7-9)13(17)18/h2,5-6,8-9,16H,1,3-4,7H2,(H,17,18). The third-order valence-electron chi connectivity index (χ3n) is 3.33. The van der Waals surface area contributed by atoms with E-state index in [9.17, 15) is 4.79 Å². The molecule has 1 saturated carbocycles. The van der Waals surface area contributed by atoms with Crippen molar-refractivity contribution in [2.24, 2.45) is 5.92 Å². The van der Waals surface area contributed by atoms with Gasteiger partial charge in [0.25, 0.3) is 0 Å². The van der Waals surface area contributed by atoms with Gasteiger partial charge in [-0.05, 0) is 31.4 Å². The van der Waals surface area contributed by atoms with Crippen LogP contribution in [0.4, 0.5) is 5.69 Å². The first-order valence-corrected chi connectivity index (χ1v) is 6.77. The van der Waals surface area contributed by atoms with Crippen LogP contribution in [0, 0.1) is 5.92 Å². The van der Waals surface area contributed by atoms with E-state index < -0.39 is 5.97 Å². The zero-order valence-corrected chi connectivity index (χ0v) is 11.3. The molecule has 98 valence electrons. The van der Waals surface area contributed by atoms with E-state index in [4.69, 9.17) is 28.3 Å². The number of rotatable bonds is 3. The first kappa shape index (κ1) is 13.5. The Labute approximate surface area is 116 Å². The topological polar surface area (TPSA) is 49.3 Å². The van der Waals surface area contributed by atoms with Crippen molar-refractivity contribution in [3.05, 3.63) is 28.2 Å². The summed E-state index contributed by atoms with van der Waals surface area (Å²) in [6, 6.07) is 5.57. The molecule has 1 aromatic rings. The zero-order valence-electron chi connectivity index (χ0n) is 9.83. The predicted octanol–water partition coefficient (Wildman–Crippen LogP) is 4.05. The van der Waals surface area contributed by atoms with Crippen LogP contribution in [0.5, 0.6) is 0 Å². The molecule has 1 fully saturated rings. The fourth-order valence-corrected chi connectivity index (χ4v) is 2.74. The van der Waals surface area contributed by atoms with Crippen molar-refractivity contribution >= 4 is 34.9 Å². The Morgan fingerprint density at radius 3 is 2.83 bits per heavy atom. The van der Waals surface area contributed by atoms with Crippen LogP contribution < -0.4 is 5.32 Å². The van der Waals surface area contributed by atoms with Gasteiger partial charge in [-0.1, -0.05) is 35.7 Å². The van der Waals surface area contributed by atoms with Crippen LogP contribution in [0.15, 0.2) is 18.2 Å². The van der Waals surface area contributed by atoms with Gasteiger partial charge in [0.2, 0.25) is 0 Å². The van der Waals surface area contributed by atoms with Gasteiger partial charge >= 0.3 is 5.97 Å². The predicted molar refractivity (Wildman–Crippen MR) is 73.5 cm³/mol. The maximum absolute atomic E-state index is 11.0. The van der Waals surface area contributed by atoms with Gasteiger partial charge in [0, 0.05) is 6.04 Å². The van der Waals surface area contributed by atoms with Crippen LogP contribution in [0.25, 0.3) is 0 Å². The molecule has 2 rings (SSSR count). The van der Waals surface area contributed by atoms with Crippen molar-refractivity contribution < 1.29 is 9.90 Å². The molecule has 0 saturated heterocycles. The van der Waals surface area contributed by atoms with Gasteiger partial charge in [0.1, 0.15) is 0 Å². The minimum absolute atomic E-state index is 0.149. The second-order valence-corrected chi connectivity index (χ2v) is 5.43. The Kier molecular flexibility index (Phi) is 4.36. The summed E-state index contributed by atoms with van der Waals surface area (Å²) >= 11 is 12.0. The Bertz CT molecular complexity index is 451. The Balaban J connectivity index is 2.05. The molecule has 0 aliphatic heterocycles. The number of benzene rings is 1. The molecule has 0 amide bonds. The number of halogens is 2. The van der Waals surface area contributed by atoms with Crippen molar-refractivity contribution in [3.8, 4) is 0 Å². The Morgan fingerprint density at radius 2 is 2.11 bits per heavy atom. The summed E-state index contributed by atoms with van der Waals surface area (Å²) in [6.07, 6.45) is 3.29. The maximum Gasteiger partial charge on any atom is 0.306 e. The molecule has 3 nitrogen and oxygen atoms in total. The van der Waals surface area contributed by atoms with E-state index in [0.29, 0.717) is 16.5 Å². The molecule has 2 N–H and O–H groups in total. The number of anilines is 1. The van der Waals surface area contributed by atoms with E-state index >= 15 is 0 Å². The summed E-state index contributed by atoms with van der Waals surface area (Å²) in [5.74, 6) is -0.965. The average Bonchev–Trinajstić information content (AvgIpc) is 2.35. The number of carboxylic acid groups (broad SMARTS) is 1. The first-order chi connectivity index (χ1) is 8.58. The van der Waals surface area contributed by atoms with Crippen LogP contribution in [0.3, 0.4) is 0 Å². The molecule has 2 atom stereocenters. The Hall–Kier alpha value is -0.930. The molecule has 5 heteroatoms. The van der Waals surface area contributed by atoms with Gasteiger partial charge in [0.15, 0.2) is 0 Å². The molecule has 0 spiro atoms. The number of carboxylic acids is 1. The molecule has 0 aromatic heterocycles. The van der Waals surface area contributed by atoms with Gasteiger partial charge in [0.05, 0.1) is 21.7 Å². The summed E-state index contributed by atoms with van der Waals surface area (Å²) < 4.78 is 0. The fraction of sp³-hybridized carbons (Fsp3) is 0.462. The second-order valence-electron chi connectivity index (χ2n) is 4.64. The quantitative estimate of drug-likeness (QED) is 0.882. The number of hydrogen-bond acceptors (Lipinski definition) is 2. The average molecular weight is 288 g/mol. The van der Waals surface area contributed by atoms with Gasteiger partial charge in [-0.3, -0.25) is 4.79 Å². The lowest BCUT2D eigenvalue weighted by atomic mass is 9.85. The number of carbonyl (C=O) groups is 1. The van der Waals surface area contributed by atoms with Crippen molar-refractivity contribution in [2.75, 3.05) is 5.32 Å². The minimum atomic E-state index is -0.710. The van der Waals surface area contributed by atoms with Crippen LogP contribution in [-0.2, 0) is 4.79 Å². The normalized spacial score (nSPS) is 23.7. The van der Waals surface area contributed by atoms with E-state index in [-0.39, 0.29) is 12.0 Å². The van der Waals surface area contributed by atoms with Crippen LogP contribution >= 0.6 is 23.2 Å². The van der Waals surface area contributed by atoms with E-state index in [0.717, 1.165) is 24.9 Å². The summed E-state index contributed by atoms with van der Waals surface area (Å²) in [7, 11) is 0. The summed E-state index contributed by atoms with van der Waals surface area (Å²) in [5.41, 5.74) is 0.778. The monoisotopic (exact) mass is 287 g/mol. The van der Waals surface area contributed by atoms with Gasteiger partial charge in [-0.15, -0.1) is 0 Å². The van der Waals surface area contributed by atoms with Crippen molar-refractivity contribution in [1.82, 2.24) is 0 Å². The van der Waals surface area contributed by atoms with Crippen LogP contribution in [-0.4, -0.2) is 17.1 Å². The SMILES string of the molecule is O=C(O)C1CCCC(Nc2cccc(Cl)c2Cl)C1. The summed E-state index contributed by atoms with van der Waals surface area (Å²) in [6.45, 7) is 0. The summed E-state index contributed by atoms with van der Waals surface area (Å²) in [4.78, 5) is 11.0. The third-order valence-corrected chi connectivity index (χ3v) is 4.15. The van der Waals surface area contributed by atoms with E-state index in [2.05, 4.69) is 5.32 Å². The highest BCUT2D eigenvalue weighted by atomic mass is 35.5. The van der Waals surface area contributed by atoms with E-state index in [1.807, 2.05) is 12.1 Å². The molecular formula is C13H15Cl2NO2.